The lowest BCUT2D eigenvalue weighted by molar-refractivity contribution is -0.394. The van der Waals surface area contributed by atoms with Crippen LogP contribution in [0, 0.1) is 20.2 Å². The molecule has 0 spiro atoms. The molecule has 0 saturated heterocycles. The van der Waals surface area contributed by atoms with Gasteiger partial charge < -0.3 is 14.6 Å². The van der Waals surface area contributed by atoms with Gasteiger partial charge in [0.05, 0.1) is 39.3 Å². The molecule has 5 rings (SSSR count). The number of nitro groups is 2. The fourth-order valence-corrected chi connectivity index (χ4v) is 6.09. The van der Waals surface area contributed by atoms with Gasteiger partial charge in [0.2, 0.25) is 0 Å². The minimum Gasteiger partial charge on any atom is -0.466 e. The third kappa shape index (κ3) is 5.21. The highest BCUT2D eigenvalue weighted by atomic mass is 35.5. The first kappa shape index (κ1) is 27.1. The Balaban J connectivity index is 1.66. The number of carbonyl (C=O) groups is 1. The molecule has 0 fully saturated rings. The molecule has 0 atom stereocenters. The zero-order valence-electron chi connectivity index (χ0n) is 21.5. The quantitative estimate of drug-likeness (QED) is 0.111. The van der Waals surface area contributed by atoms with Crippen molar-refractivity contribution >= 4 is 67.0 Å². The molecule has 2 heterocycles. The van der Waals surface area contributed by atoms with Gasteiger partial charge in [-0.2, -0.15) is 0 Å². The first-order valence-corrected chi connectivity index (χ1v) is 13.5. The maximum atomic E-state index is 12.4. The van der Waals surface area contributed by atoms with Crippen molar-refractivity contribution in [2.45, 2.75) is 19.9 Å². The van der Waals surface area contributed by atoms with Crippen LogP contribution in [0.4, 0.5) is 17.1 Å². The predicted molar refractivity (Wildman–Crippen MR) is 157 cm³/mol. The van der Waals surface area contributed by atoms with Crippen molar-refractivity contribution in [2.24, 2.45) is 0 Å². The largest absolute Gasteiger partial charge is 0.466 e. The number of esters is 1. The van der Waals surface area contributed by atoms with Gasteiger partial charge in [-0.15, -0.1) is 11.3 Å². The molecule has 0 amide bonds. The molecular weight excluding hydrogens is 556 g/mol. The molecule has 2 aromatic heterocycles. The second kappa shape index (κ2) is 10.9. The van der Waals surface area contributed by atoms with E-state index >= 15 is 0 Å². The molecule has 1 N–H and O–H groups in total. The maximum absolute atomic E-state index is 12.4. The molecule has 204 valence electrons. The van der Waals surface area contributed by atoms with Crippen molar-refractivity contribution in [2.75, 3.05) is 19.0 Å². The molecule has 12 heteroatoms. The standard InChI is InChI=1S/C28H23ClN4O6S/c1-3-39-27(34)9-18-13-31(14-19-15-40-28-24(19)10-20(29)11-25(28)30-2)26-8-16(4-5-23(18)26)17-6-21(32(35)36)12-22(7-17)33(37)38/h4-8,10-13,15,30H,3,9,14H2,1-2H3. The van der Waals surface area contributed by atoms with Crippen molar-refractivity contribution < 1.29 is 19.4 Å². The maximum Gasteiger partial charge on any atom is 0.310 e. The van der Waals surface area contributed by atoms with Crippen LogP contribution in [-0.4, -0.2) is 34.0 Å². The third-order valence-electron chi connectivity index (χ3n) is 6.59. The molecule has 3 aromatic carbocycles. The van der Waals surface area contributed by atoms with Gasteiger partial charge in [0, 0.05) is 53.2 Å². The normalized spacial score (nSPS) is 11.2. The lowest BCUT2D eigenvalue weighted by Crippen LogP contribution is -2.07. The number of nitrogens with zero attached hydrogens (tertiary/aromatic N) is 3. The number of thiophene rings is 1. The highest BCUT2D eigenvalue weighted by Gasteiger charge is 2.20. The van der Waals surface area contributed by atoms with Gasteiger partial charge >= 0.3 is 5.97 Å². The molecule has 0 aliphatic heterocycles. The Morgan fingerprint density at radius 3 is 2.38 bits per heavy atom. The first-order chi connectivity index (χ1) is 19.2. The Hall–Kier alpha value is -4.48. The number of carbonyl (C=O) groups excluding carboxylic acids is 1. The van der Waals surface area contributed by atoms with Crippen molar-refractivity contribution in [3.8, 4) is 11.1 Å². The lowest BCUT2D eigenvalue weighted by atomic mass is 10.0. The molecule has 10 nitrogen and oxygen atoms in total. The van der Waals surface area contributed by atoms with Gasteiger partial charge in [0.1, 0.15) is 0 Å². The number of fused-ring (bicyclic) bond motifs is 2. The number of aromatic nitrogens is 1. The van der Waals surface area contributed by atoms with Gasteiger partial charge in [-0.3, -0.25) is 25.0 Å². The minimum atomic E-state index is -0.651. The summed E-state index contributed by atoms with van der Waals surface area (Å²) in [5.74, 6) is -0.355. The minimum absolute atomic E-state index is 0.0685. The highest BCUT2D eigenvalue weighted by Crippen LogP contribution is 2.37. The summed E-state index contributed by atoms with van der Waals surface area (Å²) < 4.78 is 8.24. The molecule has 0 saturated carbocycles. The molecule has 40 heavy (non-hydrogen) atoms. The van der Waals surface area contributed by atoms with Crippen LogP contribution in [0.25, 0.3) is 32.1 Å². The van der Waals surface area contributed by atoms with Crippen LogP contribution in [0.3, 0.4) is 0 Å². The fourth-order valence-electron chi connectivity index (χ4n) is 4.80. The van der Waals surface area contributed by atoms with E-state index in [9.17, 15) is 25.0 Å². The summed E-state index contributed by atoms with van der Waals surface area (Å²) in [6, 6.07) is 12.7. The van der Waals surface area contributed by atoms with E-state index in [1.807, 2.05) is 42.1 Å². The monoisotopic (exact) mass is 578 g/mol. The average Bonchev–Trinajstić information content (AvgIpc) is 3.48. The van der Waals surface area contributed by atoms with Gasteiger partial charge in [-0.25, -0.2) is 0 Å². The van der Waals surface area contributed by atoms with Crippen molar-refractivity contribution in [1.29, 1.82) is 0 Å². The van der Waals surface area contributed by atoms with E-state index in [4.69, 9.17) is 16.3 Å². The number of ether oxygens (including phenoxy) is 1. The Morgan fingerprint density at radius 1 is 1.00 bits per heavy atom. The van der Waals surface area contributed by atoms with E-state index < -0.39 is 9.85 Å². The number of nitro benzene ring substituents is 2. The summed E-state index contributed by atoms with van der Waals surface area (Å²) in [5.41, 5.74) is 3.64. The van der Waals surface area contributed by atoms with E-state index in [1.165, 1.54) is 12.1 Å². The predicted octanol–water partition coefficient (Wildman–Crippen LogP) is 7.19. The lowest BCUT2D eigenvalue weighted by Gasteiger charge is -2.09. The summed E-state index contributed by atoms with van der Waals surface area (Å²) in [6.07, 6.45) is 1.97. The van der Waals surface area contributed by atoms with Crippen LogP contribution < -0.4 is 5.32 Å². The van der Waals surface area contributed by atoms with Gasteiger partial charge in [0.15, 0.2) is 0 Å². The summed E-state index contributed by atoms with van der Waals surface area (Å²) in [4.78, 5) is 34.0. The van der Waals surface area contributed by atoms with E-state index in [2.05, 4.69) is 10.7 Å². The van der Waals surface area contributed by atoms with Gasteiger partial charge in [-0.1, -0.05) is 23.7 Å². The SMILES string of the molecule is CCOC(=O)Cc1cn(Cc2csc3c(NC)cc(Cl)cc23)c2cc(-c3cc([N+](=O)[O-])cc([N+](=O)[O-])c3)ccc12. The van der Waals surface area contributed by atoms with Gasteiger partial charge in [-0.05, 0) is 52.8 Å². The third-order valence-corrected chi connectivity index (χ3v) is 7.89. The Labute approximate surface area is 237 Å². The Kier molecular flexibility index (Phi) is 7.42. The molecule has 0 bridgehead atoms. The van der Waals surface area contributed by atoms with Crippen LogP contribution in [-0.2, 0) is 22.5 Å². The van der Waals surface area contributed by atoms with Crippen molar-refractivity contribution in [3.05, 3.63) is 96.5 Å². The molecule has 5 aromatic rings. The number of halogens is 1. The van der Waals surface area contributed by atoms with E-state index in [1.54, 1.807) is 24.3 Å². The van der Waals surface area contributed by atoms with E-state index in [0.29, 0.717) is 22.7 Å². The van der Waals surface area contributed by atoms with Crippen LogP contribution >= 0.6 is 22.9 Å². The zero-order chi connectivity index (χ0) is 28.6. The number of benzene rings is 3. The van der Waals surface area contributed by atoms with Crippen molar-refractivity contribution in [3.63, 3.8) is 0 Å². The number of hydrogen-bond donors (Lipinski definition) is 1. The van der Waals surface area contributed by atoms with Crippen LogP contribution in [0.1, 0.15) is 18.1 Å². The molecule has 0 aliphatic carbocycles. The summed E-state index contributed by atoms with van der Waals surface area (Å²) >= 11 is 7.98. The van der Waals surface area contributed by atoms with Crippen molar-refractivity contribution in [1.82, 2.24) is 4.57 Å². The second-order valence-corrected chi connectivity index (χ2v) is 10.4. The summed E-state index contributed by atoms with van der Waals surface area (Å²) in [5, 5.41) is 30.6. The van der Waals surface area contributed by atoms with E-state index in [-0.39, 0.29) is 30.4 Å². The first-order valence-electron chi connectivity index (χ1n) is 12.3. The number of rotatable bonds is 9. The molecular formula is C28H23ClN4O6S. The molecule has 0 aliphatic rings. The smallest absolute Gasteiger partial charge is 0.310 e. The number of anilines is 1. The average molecular weight is 579 g/mol. The molecule has 0 unspecified atom stereocenters. The number of hydrogen-bond acceptors (Lipinski definition) is 8. The van der Waals surface area contributed by atoms with Crippen LogP contribution in [0.2, 0.25) is 5.02 Å². The Morgan fingerprint density at radius 2 is 1.73 bits per heavy atom. The molecule has 0 radical (unpaired) electrons. The number of nitrogens with one attached hydrogen (secondary N) is 1. The van der Waals surface area contributed by atoms with Crippen LogP contribution in [0.5, 0.6) is 0 Å². The van der Waals surface area contributed by atoms with E-state index in [0.717, 1.165) is 43.9 Å². The summed E-state index contributed by atoms with van der Waals surface area (Å²) in [6.45, 7) is 2.47. The second-order valence-electron chi connectivity index (χ2n) is 9.09. The topological polar surface area (TPSA) is 130 Å². The van der Waals surface area contributed by atoms with Gasteiger partial charge in [0.25, 0.3) is 11.4 Å². The zero-order valence-corrected chi connectivity index (χ0v) is 23.0. The number of non-ortho nitro benzene ring substituents is 2. The highest BCUT2D eigenvalue weighted by molar-refractivity contribution is 7.18. The fraction of sp³-hybridized carbons (Fsp3) is 0.179. The Bertz CT molecular complexity index is 1780. The summed E-state index contributed by atoms with van der Waals surface area (Å²) in [7, 11) is 1.84. The van der Waals surface area contributed by atoms with Crippen LogP contribution in [0.15, 0.2) is 60.1 Å².